The van der Waals surface area contributed by atoms with E-state index in [0.29, 0.717) is 11.3 Å². The second kappa shape index (κ2) is 7.77. The van der Waals surface area contributed by atoms with E-state index < -0.39 is 0 Å². The van der Waals surface area contributed by atoms with Crippen molar-refractivity contribution in [3.63, 3.8) is 0 Å². The first-order valence-corrected chi connectivity index (χ1v) is 9.63. The molecule has 2 unspecified atom stereocenters. The zero-order chi connectivity index (χ0) is 17.9. The van der Waals surface area contributed by atoms with Gasteiger partial charge in [-0.25, -0.2) is 0 Å². The van der Waals surface area contributed by atoms with Crippen molar-refractivity contribution in [3.05, 3.63) is 17.5 Å². The van der Waals surface area contributed by atoms with Crippen LogP contribution < -0.4 is 5.32 Å². The molecule has 1 aromatic rings. The Balaban J connectivity index is 1.59. The summed E-state index contributed by atoms with van der Waals surface area (Å²) in [5.41, 5.74) is 2.68. The number of aliphatic imine (C=N–C) groups is 1. The average molecular weight is 348 g/mol. The number of aromatic nitrogens is 2. The van der Waals surface area contributed by atoms with Crippen LogP contribution in [0.15, 0.2) is 11.1 Å². The number of likely N-dealkylation sites (tertiary alicyclic amines) is 1. The Morgan fingerprint density at radius 3 is 2.92 bits per heavy atom. The molecular formula is C19H33N5O. The van der Waals surface area contributed by atoms with Crippen molar-refractivity contribution >= 4 is 5.96 Å². The molecule has 3 heterocycles. The quantitative estimate of drug-likeness (QED) is 0.655. The van der Waals surface area contributed by atoms with Gasteiger partial charge >= 0.3 is 0 Å². The number of hydrogen-bond acceptors (Lipinski definition) is 3. The number of ether oxygens (including phenoxy) is 1. The molecule has 25 heavy (non-hydrogen) atoms. The zero-order valence-corrected chi connectivity index (χ0v) is 16.2. The second-order valence-corrected chi connectivity index (χ2v) is 7.88. The third-order valence-corrected chi connectivity index (χ3v) is 5.40. The summed E-state index contributed by atoms with van der Waals surface area (Å²) in [6.07, 6.45) is 2.41. The molecule has 2 aliphatic heterocycles. The number of rotatable bonds is 5. The van der Waals surface area contributed by atoms with E-state index in [0.717, 1.165) is 57.6 Å². The van der Waals surface area contributed by atoms with Crippen molar-refractivity contribution in [2.24, 2.45) is 16.3 Å². The lowest BCUT2D eigenvalue weighted by Crippen LogP contribution is -2.41. The van der Waals surface area contributed by atoms with E-state index in [2.05, 4.69) is 46.8 Å². The summed E-state index contributed by atoms with van der Waals surface area (Å²) in [6, 6.07) is 2.13. The highest BCUT2D eigenvalue weighted by molar-refractivity contribution is 5.80. The van der Waals surface area contributed by atoms with Crippen LogP contribution in [0.5, 0.6) is 0 Å². The fourth-order valence-electron chi connectivity index (χ4n) is 3.97. The van der Waals surface area contributed by atoms with E-state index in [4.69, 9.17) is 9.73 Å². The molecule has 2 aliphatic rings. The molecular weight excluding hydrogens is 314 g/mol. The van der Waals surface area contributed by atoms with Crippen LogP contribution in [0.25, 0.3) is 0 Å². The lowest BCUT2D eigenvalue weighted by Gasteiger charge is -2.25. The first-order valence-electron chi connectivity index (χ1n) is 9.63. The maximum atomic E-state index is 5.65. The molecule has 0 saturated carbocycles. The molecule has 0 aliphatic carbocycles. The van der Waals surface area contributed by atoms with Crippen molar-refractivity contribution in [1.29, 1.82) is 0 Å². The van der Waals surface area contributed by atoms with Crippen LogP contribution >= 0.6 is 0 Å². The minimum absolute atomic E-state index is 0.367. The Kier molecular flexibility index (Phi) is 5.67. The number of nitrogens with zero attached hydrogens (tertiary/aromatic N) is 4. The van der Waals surface area contributed by atoms with Crippen LogP contribution in [-0.4, -0.2) is 60.0 Å². The molecule has 1 N–H and O–H groups in total. The number of nitrogens with one attached hydrogen (secondary N) is 1. The molecule has 1 aromatic heterocycles. The van der Waals surface area contributed by atoms with E-state index in [1.165, 1.54) is 18.5 Å². The minimum atomic E-state index is 0.367. The summed E-state index contributed by atoms with van der Waals surface area (Å²) in [4.78, 5) is 7.36. The summed E-state index contributed by atoms with van der Waals surface area (Å²) < 4.78 is 7.75. The van der Waals surface area contributed by atoms with Crippen LogP contribution in [0.4, 0.5) is 0 Å². The summed E-state index contributed by atoms with van der Waals surface area (Å²) in [7, 11) is 0. The monoisotopic (exact) mass is 347 g/mol. The van der Waals surface area contributed by atoms with Gasteiger partial charge in [0.1, 0.15) is 0 Å². The summed E-state index contributed by atoms with van der Waals surface area (Å²) >= 11 is 0. The van der Waals surface area contributed by atoms with Crippen molar-refractivity contribution in [2.75, 3.05) is 39.4 Å². The Hall–Kier alpha value is -1.56. The highest BCUT2D eigenvalue weighted by Crippen LogP contribution is 2.38. The van der Waals surface area contributed by atoms with Crippen molar-refractivity contribution in [2.45, 2.75) is 47.1 Å². The van der Waals surface area contributed by atoms with Crippen molar-refractivity contribution in [3.8, 4) is 0 Å². The predicted molar refractivity (Wildman–Crippen MR) is 101 cm³/mol. The van der Waals surface area contributed by atoms with Gasteiger partial charge in [-0.2, -0.15) is 5.10 Å². The van der Waals surface area contributed by atoms with Crippen LogP contribution in [0, 0.1) is 25.2 Å². The van der Waals surface area contributed by atoms with Gasteiger partial charge in [0.2, 0.25) is 0 Å². The van der Waals surface area contributed by atoms with E-state index in [9.17, 15) is 0 Å². The predicted octanol–water partition coefficient (Wildman–Crippen LogP) is 2.21. The largest absolute Gasteiger partial charge is 0.381 e. The SMILES string of the molecule is CCNC(=NCC(C)Cn1nc(C)cc1C)N1CCC2(CCOC2)C1. The molecule has 0 bridgehead atoms. The minimum Gasteiger partial charge on any atom is -0.381 e. The molecule has 2 saturated heterocycles. The smallest absolute Gasteiger partial charge is 0.193 e. The van der Waals surface area contributed by atoms with E-state index >= 15 is 0 Å². The maximum absolute atomic E-state index is 5.65. The number of aryl methyl sites for hydroxylation is 2. The standard InChI is InChI=1S/C19H33N5O/c1-5-20-18(23-8-6-19(13-23)7-9-25-14-19)21-11-15(2)12-24-17(4)10-16(3)22-24/h10,15H,5-9,11-14H2,1-4H3,(H,20,21). The molecule has 2 atom stereocenters. The first kappa shape index (κ1) is 18.2. The fourth-order valence-corrected chi connectivity index (χ4v) is 3.97. The molecule has 3 rings (SSSR count). The summed E-state index contributed by atoms with van der Waals surface area (Å²) in [5, 5.41) is 8.05. The number of hydrogen-bond donors (Lipinski definition) is 1. The van der Waals surface area contributed by atoms with Gasteiger partial charge in [0.25, 0.3) is 0 Å². The van der Waals surface area contributed by atoms with Gasteiger partial charge in [0, 0.05) is 50.4 Å². The van der Waals surface area contributed by atoms with Crippen molar-refractivity contribution in [1.82, 2.24) is 20.0 Å². The van der Waals surface area contributed by atoms with Crippen molar-refractivity contribution < 1.29 is 4.74 Å². The third kappa shape index (κ3) is 4.35. The topological polar surface area (TPSA) is 54.7 Å². The Labute approximate surface area is 151 Å². The van der Waals surface area contributed by atoms with Gasteiger partial charge in [0.15, 0.2) is 5.96 Å². The highest BCUT2D eigenvalue weighted by Gasteiger charge is 2.42. The zero-order valence-electron chi connectivity index (χ0n) is 16.2. The van der Waals surface area contributed by atoms with E-state index in [-0.39, 0.29) is 0 Å². The van der Waals surface area contributed by atoms with Gasteiger partial charge in [-0.05, 0) is 45.6 Å². The van der Waals surface area contributed by atoms with E-state index in [1.807, 2.05) is 6.92 Å². The molecule has 2 fully saturated rings. The third-order valence-electron chi connectivity index (χ3n) is 5.40. The van der Waals surface area contributed by atoms with Crippen LogP contribution in [-0.2, 0) is 11.3 Å². The van der Waals surface area contributed by atoms with Crippen LogP contribution in [0.1, 0.15) is 38.1 Å². The molecule has 6 nitrogen and oxygen atoms in total. The molecule has 140 valence electrons. The Bertz CT molecular complexity index is 603. The van der Waals surface area contributed by atoms with Gasteiger partial charge in [-0.3, -0.25) is 9.67 Å². The Morgan fingerprint density at radius 2 is 2.28 bits per heavy atom. The number of guanidine groups is 1. The first-order chi connectivity index (χ1) is 12.0. The maximum Gasteiger partial charge on any atom is 0.193 e. The van der Waals surface area contributed by atoms with Gasteiger partial charge < -0.3 is 15.0 Å². The molecule has 0 aromatic carbocycles. The summed E-state index contributed by atoms with van der Waals surface area (Å²) in [5.74, 6) is 1.52. The average Bonchev–Trinajstić information content (AvgIpc) is 3.27. The normalized spacial score (nSPS) is 25.1. The highest BCUT2D eigenvalue weighted by atomic mass is 16.5. The molecule has 0 radical (unpaired) electrons. The van der Waals surface area contributed by atoms with Crippen LogP contribution in [0.3, 0.4) is 0 Å². The lowest BCUT2D eigenvalue weighted by atomic mass is 9.87. The lowest BCUT2D eigenvalue weighted by molar-refractivity contribution is 0.156. The second-order valence-electron chi connectivity index (χ2n) is 7.88. The van der Waals surface area contributed by atoms with Crippen LogP contribution in [0.2, 0.25) is 0 Å². The van der Waals surface area contributed by atoms with Gasteiger partial charge in [-0.1, -0.05) is 6.92 Å². The molecule has 0 amide bonds. The van der Waals surface area contributed by atoms with Gasteiger partial charge in [0.05, 0.1) is 12.3 Å². The molecule has 6 heteroatoms. The van der Waals surface area contributed by atoms with Gasteiger partial charge in [-0.15, -0.1) is 0 Å². The summed E-state index contributed by atoms with van der Waals surface area (Å²) in [6.45, 7) is 15.2. The fraction of sp³-hybridized carbons (Fsp3) is 0.789. The molecule has 1 spiro atoms. The van der Waals surface area contributed by atoms with E-state index in [1.54, 1.807) is 0 Å². The Morgan fingerprint density at radius 1 is 1.44 bits per heavy atom.